The van der Waals surface area contributed by atoms with E-state index in [1.165, 1.54) is 38.8 Å². The molecule has 0 aliphatic carbocycles. The highest BCUT2D eigenvalue weighted by Gasteiger charge is 2.32. The zero-order chi connectivity index (χ0) is 20.1. The molecule has 3 saturated heterocycles. The lowest BCUT2D eigenvalue weighted by Gasteiger charge is -2.41. The molecule has 0 saturated carbocycles. The van der Waals surface area contributed by atoms with E-state index in [0.29, 0.717) is 29.8 Å². The van der Waals surface area contributed by atoms with Crippen molar-refractivity contribution in [2.75, 3.05) is 59.4 Å². The first kappa shape index (κ1) is 22.0. The summed E-state index contributed by atoms with van der Waals surface area (Å²) in [5, 5.41) is 3.46. The number of nitrogens with one attached hydrogen (secondary N) is 1. The summed E-state index contributed by atoms with van der Waals surface area (Å²) in [6.45, 7) is 15.3. The minimum Gasteiger partial charge on any atom is -0.338 e. The van der Waals surface area contributed by atoms with E-state index in [4.69, 9.17) is 0 Å². The van der Waals surface area contributed by atoms with Crippen LogP contribution in [0.1, 0.15) is 59.3 Å². The fourth-order valence-corrected chi connectivity index (χ4v) is 5.33. The molecule has 3 aliphatic rings. The predicted octanol–water partition coefficient (Wildman–Crippen LogP) is 2.67. The maximum absolute atomic E-state index is 13.4. The Hall–Kier alpha value is -0.650. The molecule has 0 bridgehead atoms. The largest absolute Gasteiger partial charge is 0.338 e. The molecule has 0 radical (unpaired) electrons. The lowest BCUT2D eigenvalue weighted by molar-refractivity contribution is -0.136. The van der Waals surface area contributed by atoms with E-state index in [1.807, 2.05) is 0 Å². The van der Waals surface area contributed by atoms with E-state index in [1.54, 1.807) is 0 Å². The van der Waals surface area contributed by atoms with Crippen molar-refractivity contribution in [2.24, 2.45) is 17.3 Å². The van der Waals surface area contributed by atoms with Gasteiger partial charge in [0.25, 0.3) is 0 Å². The topological polar surface area (TPSA) is 38.8 Å². The molecule has 3 aliphatic heterocycles. The van der Waals surface area contributed by atoms with Gasteiger partial charge >= 0.3 is 0 Å². The molecule has 0 spiro atoms. The quantitative estimate of drug-likeness (QED) is 0.781. The fourth-order valence-electron chi connectivity index (χ4n) is 5.33. The summed E-state index contributed by atoms with van der Waals surface area (Å²) >= 11 is 0. The summed E-state index contributed by atoms with van der Waals surface area (Å²) in [7, 11) is 2.22. The van der Waals surface area contributed by atoms with Crippen molar-refractivity contribution in [2.45, 2.75) is 65.3 Å². The van der Waals surface area contributed by atoms with Crippen LogP contribution in [0.15, 0.2) is 0 Å². The predicted molar refractivity (Wildman–Crippen MR) is 116 cm³/mol. The van der Waals surface area contributed by atoms with Gasteiger partial charge < -0.3 is 15.1 Å². The van der Waals surface area contributed by atoms with Crippen LogP contribution in [0.4, 0.5) is 0 Å². The lowest BCUT2D eigenvalue weighted by Crippen LogP contribution is -2.52. The molecule has 0 aromatic heterocycles. The van der Waals surface area contributed by atoms with Gasteiger partial charge in [-0.15, -0.1) is 0 Å². The van der Waals surface area contributed by atoms with E-state index >= 15 is 0 Å². The fraction of sp³-hybridized carbons (Fsp3) is 0.957. The number of amides is 1. The molecule has 0 unspecified atom stereocenters. The Balaban J connectivity index is 1.55. The second kappa shape index (κ2) is 9.90. The van der Waals surface area contributed by atoms with Crippen molar-refractivity contribution < 1.29 is 4.79 Å². The average Bonchev–Trinajstić information content (AvgIpc) is 2.68. The Bertz CT molecular complexity index is 481. The Morgan fingerprint density at radius 2 is 1.57 bits per heavy atom. The highest BCUT2D eigenvalue weighted by Crippen LogP contribution is 2.34. The van der Waals surface area contributed by atoms with E-state index < -0.39 is 0 Å². The van der Waals surface area contributed by atoms with Gasteiger partial charge in [0, 0.05) is 12.6 Å². The molecule has 0 aromatic rings. The molecule has 162 valence electrons. The number of carbonyl (C=O) groups is 1. The number of nitrogens with zero attached hydrogens (tertiary/aromatic N) is 3. The molecule has 3 heterocycles. The molecule has 1 N–H and O–H groups in total. The maximum atomic E-state index is 13.4. The molecule has 28 heavy (non-hydrogen) atoms. The molecular weight excluding hydrogens is 348 g/mol. The summed E-state index contributed by atoms with van der Waals surface area (Å²) in [6.07, 6.45) is 7.18. The van der Waals surface area contributed by atoms with Crippen molar-refractivity contribution in [3.8, 4) is 0 Å². The van der Waals surface area contributed by atoms with Gasteiger partial charge in [-0.05, 0) is 102 Å². The Morgan fingerprint density at radius 3 is 2.14 bits per heavy atom. The van der Waals surface area contributed by atoms with Gasteiger partial charge in [-0.2, -0.15) is 0 Å². The van der Waals surface area contributed by atoms with E-state index in [9.17, 15) is 4.79 Å². The Kier molecular flexibility index (Phi) is 7.80. The van der Waals surface area contributed by atoms with E-state index in [-0.39, 0.29) is 0 Å². The summed E-state index contributed by atoms with van der Waals surface area (Å²) in [6, 6.07) is 0.445. The van der Waals surface area contributed by atoms with Gasteiger partial charge in [0.1, 0.15) is 0 Å². The molecule has 3 rings (SSSR count). The van der Waals surface area contributed by atoms with E-state index in [0.717, 1.165) is 51.5 Å². The number of hydrogen-bond acceptors (Lipinski definition) is 4. The standard InChI is InChI=1S/C23H44N4O/c1-23(2,3)20-9-15-26(16-10-20)18-22(28)27(21-5-11-24-12-6-21)17-19-7-13-25(4)14-8-19/h19-21,24H,5-18H2,1-4H3. The van der Waals surface area contributed by atoms with Gasteiger partial charge in [0.2, 0.25) is 5.91 Å². The number of likely N-dealkylation sites (tertiary alicyclic amines) is 2. The number of piperidine rings is 3. The smallest absolute Gasteiger partial charge is 0.237 e. The molecule has 0 aromatic carbocycles. The first-order valence-corrected chi connectivity index (χ1v) is 11.7. The highest BCUT2D eigenvalue weighted by atomic mass is 16.2. The lowest BCUT2D eigenvalue weighted by atomic mass is 9.75. The minimum atomic E-state index is 0.389. The zero-order valence-electron chi connectivity index (χ0n) is 18.9. The molecule has 5 nitrogen and oxygen atoms in total. The third kappa shape index (κ3) is 6.17. The highest BCUT2D eigenvalue weighted by molar-refractivity contribution is 5.78. The summed E-state index contributed by atoms with van der Waals surface area (Å²) in [5.74, 6) is 1.86. The third-order valence-corrected chi connectivity index (χ3v) is 7.53. The van der Waals surface area contributed by atoms with Crippen LogP contribution in [0.3, 0.4) is 0 Å². The van der Waals surface area contributed by atoms with Crippen LogP contribution in [0.25, 0.3) is 0 Å². The number of rotatable bonds is 5. The second-order valence-electron chi connectivity index (χ2n) is 10.7. The van der Waals surface area contributed by atoms with Gasteiger partial charge in [-0.25, -0.2) is 0 Å². The van der Waals surface area contributed by atoms with Crippen LogP contribution in [-0.2, 0) is 4.79 Å². The van der Waals surface area contributed by atoms with Gasteiger partial charge in [-0.1, -0.05) is 20.8 Å². The van der Waals surface area contributed by atoms with Crippen molar-refractivity contribution in [3.63, 3.8) is 0 Å². The molecule has 0 atom stereocenters. The SMILES string of the molecule is CN1CCC(CN(C(=O)CN2CCC(C(C)(C)C)CC2)C2CCNCC2)CC1. The monoisotopic (exact) mass is 392 g/mol. The average molecular weight is 393 g/mol. The molecule has 5 heteroatoms. The van der Waals surface area contributed by atoms with Crippen LogP contribution >= 0.6 is 0 Å². The Morgan fingerprint density at radius 1 is 0.964 bits per heavy atom. The number of hydrogen-bond donors (Lipinski definition) is 1. The van der Waals surface area contributed by atoms with Crippen molar-refractivity contribution >= 4 is 5.91 Å². The van der Waals surface area contributed by atoms with Crippen LogP contribution in [0, 0.1) is 17.3 Å². The summed E-state index contributed by atoms with van der Waals surface area (Å²) in [5.41, 5.74) is 0.394. The van der Waals surface area contributed by atoms with Crippen molar-refractivity contribution in [1.82, 2.24) is 20.0 Å². The molecular formula is C23H44N4O. The molecule has 3 fully saturated rings. The maximum Gasteiger partial charge on any atom is 0.237 e. The second-order valence-corrected chi connectivity index (χ2v) is 10.7. The van der Waals surface area contributed by atoms with Gasteiger partial charge in [0.05, 0.1) is 6.54 Å². The van der Waals surface area contributed by atoms with Crippen LogP contribution in [0.2, 0.25) is 0 Å². The van der Waals surface area contributed by atoms with E-state index in [2.05, 4.69) is 47.8 Å². The van der Waals surface area contributed by atoms with Gasteiger partial charge in [0.15, 0.2) is 0 Å². The van der Waals surface area contributed by atoms with Gasteiger partial charge in [-0.3, -0.25) is 9.69 Å². The summed E-state index contributed by atoms with van der Waals surface area (Å²) in [4.78, 5) is 20.5. The third-order valence-electron chi connectivity index (χ3n) is 7.53. The first-order chi connectivity index (χ1) is 13.3. The number of carbonyl (C=O) groups excluding carboxylic acids is 1. The normalized spacial score (nSPS) is 25.1. The van der Waals surface area contributed by atoms with Crippen LogP contribution < -0.4 is 5.32 Å². The van der Waals surface area contributed by atoms with Crippen LogP contribution in [-0.4, -0.2) is 86.1 Å². The Labute approximate surface area is 173 Å². The van der Waals surface area contributed by atoms with Crippen molar-refractivity contribution in [3.05, 3.63) is 0 Å². The minimum absolute atomic E-state index is 0.389. The zero-order valence-corrected chi connectivity index (χ0v) is 18.9. The van der Waals surface area contributed by atoms with Crippen LogP contribution in [0.5, 0.6) is 0 Å². The first-order valence-electron chi connectivity index (χ1n) is 11.7. The van der Waals surface area contributed by atoms with Crippen molar-refractivity contribution in [1.29, 1.82) is 0 Å². The summed E-state index contributed by atoms with van der Waals surface area (Å²) < 4.78 is 0. The molecule has 1 amide bonds.